The number of pyridine rings is 1. The van der Waals surface area contributed by atoms with Crippen LogP contribution in [0.15, 0.2) is 18.3 Å². The number of aryl methyl sites for hydroxylation is 1. The van der Waals surface area contributed by atoms with Crippen molar-refractivity contribution in [3.63, 3.8) is 0 Å². The first-order valence-electron chi connectivity index (χ1n) is 3.70. The van der Waals surface area contributed by atoms with E-state index >= 15 is 0 Å². The van der Waals surface area contributed by atoms with E-state index in [9.17, 15) is 4.79 Å². The first kappa shape index (κ1) is 7.92. The van der Waals surface area contributed by atoms with Crippen LogP contribution in [0, 0.1) is 0 Å². The molecule has 0 radical (unpaired) electrons. The van der Waals surface area contributed by atoms with Gasteiger partial charge in [-0.3, -0.25) is 9.78 Å². The van der Waals surface area contributed by atoms with Crippen LogP contribution in [0.3, 0.4) is 0 Å². The molecule has 2 heteroatoms. The van der Waals surface area contributed by atoms with Crippen LogP contribution in [0.2, 0.25) is 0 Å². The van der Waals surface area contributed by atoms with Crippen molar-refractivity contribution in [2.45, 2.75) is 20.3 Å². The van der Waals surface area contributed by atoms with E-state index in [0.29, 0.717) is 5.56 Å². The molecule has 58 valence electrons. The summed E-state index contributed by atoms with van der Waals surface area (Å²) < 4.78 is 0. The van der Waals surface area contributed by atoms with Gasteiger partial charge in [0.25, 0.3) is 0 Å². The van der Waals surface area contributed by atoms with Crippen LogP contribution in [-0.2, 0) is 6.42 Å². The lowest BCUT2D eigenvalue weighted by Crippen LogP contribution is -1.94. The largest absolute Gasteiger partial charge is 0.294 e. The Balaban J connectivity index is 2.91. The third-order valence-electron chi connectivity index (χ3n) is 1.59. The molecule has 0 aliphatic rings. The molecule has 0 aliphatic carbocycles. The van der Waals surface area contributed by atoms with Gasteiger partial charge in [-0.1, -0.05) is 6.92 Å². The summed E-state index contributed by atoms with van der Waals surface area (Å²) in [4.78, 5) is 14.9. The molecule has 0 unspecified atom stereocenters. The number of carbonyl (C=O) groups excluding carboxylic acids is 1. The Morgan fingerprint density at radius 3 is 2.64 bits per heavy atom. The Morgan fingerprint density at radius 1 is 1.55 bits per heavy atom. The molecule has 2 nitrogen and oxygen atoms in total. The lowest BCUT2D eigenvalue weighted by Gasteiger charge is -1.96. The zero-order valence-corrected chi connectivity index (χ0v) is 6.79. The van der Waals surface area contributed by atoms with Gasteiger partial charge in [0.05, 0.1) is 0 Å². The first-order valence-corrected chi connectivity index (χ1v) is 3.70. The quantitative estimate of drug-likeness (QED) is 0.600. The highest BCUT2D eigenvalue weighted by molar-refractivity contribution is 5.93. The minimum Gasteiger partial charge on any atom is -0.294 e. The van der Waals surface area contributed by atoms with Crippen LogP contribution in [0.1, 0.15) is 29.9 Å². The van der Waals surface area contributed by atoms with E-state index in [0.717, 1.165) is 12.1 Å². The van der Waals surface area contributed by atoms with E-state index in [-0.39, 0.29) is 5.78 Å². The molecule has 0 bridgehead atoms. The van der Waals surface area contributed by atoms with E-state index in [1.54, 1.807) is 13.1 Å². The van der Waals surface area contributed by atoms with Crippen molar-refractivity contribution in [3.8, 4) is 0 Å². The number of carbonyl (C=O) groups is 1. The Kier molecular flexibility index (Phi) is 2.36. The highest BCUT2D eigenvalue weighted by atomic mass is 16.1. The number of ketones is 1. The minimum absolute atomic E-state index is 0.0696. The number of hydrogen-bond donors (Lipinski definition) is 0. The summed E-state index contributed by atoms with van der Waals surface area (Å²) in [7, 11) is 0. The van der Waals surface area contributed by atoms with Crippen molar-refractivity contribution in [3.05, 3.63) is 29.6 Å². The maximum atomic E-state index is 10.8. The first-order chi connectivity index (χ1) is 5.24. The average Bonchev–Trinajstić information content (AvgIpc) is 2.05. The van der Waals surface area contributed by atoms with E-state index in [4.69, 9.17) is 0 Å². The van der Waals surface area contributed by atoms with Gasteiger partial charge in [-0.15, -0.1) is 0 Å². The molecule has 1 rings (SSSR count). The molecule has 1 heterocycles. The van der Waals surface area contributed by atoms with E-state index in [2.05, 4.69) is 4.98 Å². The molecule has 0 atom stereocenters. The Labute approximate surface area is 66.3 Å². The number of rotatable bonds is 2. The molecular formula is C9H11NO. The van der Waals surface area contributed by atoms with Gasteiger partial charge in [-0.05, 0) is 25.5 Å². The molecule has 0 N–H and O–H groups in total. The molecule has 1 aromatic heterocycles. The van der Waals surface area contributed by atoms with Gasteiger partial charge in [0.2, 0.25) is 0 Å². The lowest BCUT2D eigenvalue weighted by molar-refractivity contribution is 0.101. The number of Topliss-reactive ketones (excluding diaryl/α,β-unsaturated/α-hetero) is 1. The summed E-state index contributed by atoms with van der Waals surface area (Å²) in [6.07, 6.45) is 2.54. The van der Waals surface area contributed by atoms with E-state index < -0.39 is 0 Å². The van der Waals surface area contributed by atoms with E-state index in [1.807, 2.05) is 19.1 Å². The van der Waals surface area contributed by atoms with Gasteiger partial charge in [-0.2, -0.15) is 0 Å². The highest BCUT2D eigenvalue weighted by Crippen LogP contribution is 2.00. The fraction of sp³-hybridized carbons (Fsp3) is 0.333. The highest BCUT2D eigenvalue weighted by Gasteiger charge is 1.97. The summed E-state index contributed by atoms with van der Waals surface area (Å²) in [5.74, 6) is 0.0696. The van der Waals surface area contributed by atoms with Gasteiger partial charge in [0.1, 0.15) is 0 Å². The summed E-state index contributed by atoms with van der Waals surface area (Å²) in [6, 6.07) is 3.70. The minimum atomic E-state index is 0.0696. The van der Waals surface area contributed by atoms with Crippen LogP contribution < -0.4 is 0 Å². The summed E-state index contributed by atoms with van der Waals surface area (Å²) in [5, 5.41) is 0. The fourth-order valence-electron chi connectivity index (χ4n) is 0.842. The maximum Gasteiger partial charge on any atom is 0.161 e. The van der Waals surface area contributed by atoms with Gasteiger partial charge in [0, 0.05) is 17.5 Å². The van der Waals surface area contributed by atoms with Gasteiger partial charge in [0.15, 0.2) is 5.78 Å². The molecule has 0 aromatic carbocycles. The SMILES string of the molecule is CCc1ccc(C(C)=O)cn1. The Morgan fingerprint density at radius 2 is 2.27 bits per heavy atom. The third kappa shape index (κ3) is 1.87. The molecule has 0 saturated heterocycles. The monoisotopic (exact) mass is 149 g/mol. The zero-order chi connectivity index (χ0) is 8.27. The van der Waals surface area contributed by atoms with Crippen molar-refractivity contribution in [1.82, 2.24) is 4.98 Å². The Bertz CT molecular complexity index is 251. The van der Waals surface area contributed by atoms with Crippen LogP contribution in [-0.4, -0.2) is 10.8 Å². The second-order valence-electron chi connectivity index (χ2n) is 2.45. The second-order valence-corrected chi connectivity index (χ2v) is 2.45. The van der Waals surface area contributed by atoms with Crippen LogP contribution >= 0.6 is 0 Å². The van der Waals surface area contributed by atoms with Crippen LogP contribution in [0.4, 0.5) is 0 Å². The van der Waals surface area contributed by atoms with Gasteiger partial charge in [-0.25, -0.2) is 0 Å². The molecule has 0 fully saturated rings. The van der Waals surface area contributed by atoms with Gasteiger partial charge >= 0.3 is 0 Å². The number of nitrogens with zero attached hydrogens (tertiary/aromatic N) is 1. The van der Waals surface area contributed by atoms with Gasteiger partial charge < -0.3 is 0 Å². The molecule has 0 saturated carbocycles. The lowest BCUT2D eigenvalue weighted by atomic mass is 10.2. The smallest absolute Gasteiger partial charge is 0.161 e. The van der Waals surface area contributed by atoms with Crippen molar-refractivity contribution in [2.75, 3.05) is 0 Å². The standard InChI is InChI=1S/C9H11NO/c1-3-9-5-4-8(6-10-9)7(2)11/h4-6H,3H2,1-2H3. The average molecular weight is 149 g/mol. The van der Waals surface area contributed by atoms with Crippen molar-refractivity contribution < 1.29 is 4.79 Å². The van der Waals surface area contributed by atoms with Crippen molar-refractivity contribution in [1.29, 1.82) is 0 Å². The third-order valence-corrected chi connectivity index (χ3v) is 1.59. The normalized spacial score (nSPS) is 9.64. The Hall–Kier alpha value is -1.18. The summed E-state index contributed by atoms with van der Waals surface area (Å²) in [6.45, 7) is 3.58. The molecular weight excluding hydrogens is 138 g/mol. The maximum absolute atomic E-state index is 10.8. The predicted molar refractivity (Wildman–Crippen MR) is 43.6 cm³/mol. The summed E-state index contributed by atoms with van der Waals surface area (Å²) in [5.41, 5.74) is 1.71. The van der Waals surface area contributed by atoms with Crippen LogP contribution in [0.5, 0.6) is 0 Å². The predicted octanol–water partition coefficient (Wildman–Crippen LogP) is 1.85. The van der Waals surface area contributed by atoms with Crippen LogP contribution in [0.25, 0.3) is 0 Å². The number of hydrogen-bond acceptors (Lipinski definition) is 2. The molecule has 1 aromatic rings. The molecule has 0 spiro atoms. The van der Waals surface area contributed by atoms with E-state index in [1.165, 1.54) is 0 Å². The molecule has 0 aliphatic heterocycles. The summed E-state index contributed by atoms with van der Waals surface area (Å²) >= 11 is 0. The fourth-order valence-corrected chi connectivity index (χ4v) is 0.842. The van der Waals surface area contributed by atoms with Crippen molar-refractivity contribution >= 4 is 5.78 Å². The zero-order valence-electron chi connectivity index (χ0n) is 6.79. The molecule has 11 heavy (non-hydrogen) atoms. The second kappa shape index (κ2) is 3.28. The topological polar surface area (TPSA) is 30.0 Å². The van der Waals surface area contributed by atoms with Crippen molar-refractivity contribution in [2.24, 2.45) is 0 Å². The molecule has 0 amide bonds. The number of aromatic nitrogens is 1.